The van der Waals surface area contributed by atoms with Gasteiger partial charge in [-0.2, -0.15) is 5.10 Å². The highest BCUT2D eigenvalue weighted by Gasteiger charge is 2.14. The van der Waals surface area contributed by atoms with Crippen molar-refractivity contribution in [3.8, 4) is 17.2 Å². The molecule has 0 aliphatic rings. The topological polar surface area (TPSA) is 86.2 Å². The Hall–Kier alpha value is -4.43. The average molecular weight is 573 g/mol. The van der Waals surface area contributed by atoms with Crippen molar-refractivity contribution in [2.75, 3.05) is 0 Å². The molecule has 0 bridgehead atoms. The smallest absolute Gasteiger partial charge is 0.343 e. The highest BCUT2D eigenvalue weighted by molar-refractivity contribution is 9.10. The van der Waals surface area contributed by atoms with Gasteiger partial charge in [-0.05, 0) is 84.8 Å². The monoisotopic (exact) mass is 572 g/mol. The summed E-state index contributed by atoms with van der Waals surface area (Å²) < 4.78 is 17.6. The van der Waals surface area contributed by atoms with E-state index in [4.69, 9.17) is 14.2 Å². The summed E-state index contributed by atoms with van der Waals surface area (Å²) >= 11 is 3.33. The summed E-state index contributed by atoms with van der Waals surface area (Å²) in [6.07, 6.45) is 0.728. The number of halogens is 1. The minimum atomic E-state index is -0.761. The first-order chi connectivity index (χ1) is 18.5. The van der Waals surface area contributed by atoms with Crippen LogP contribution >= 0.6 is 15.9 Å². The first-order valence-electron chi connectivity index (χ1n) is 11.8. The van der Waals surface area contributed by atoms with Gasteiger partial charge in [-0.15, -0.1) is 0 Å². The van der Waals surface area contributed by atoms with E-state index in [2.05, 4.69) is 26.5 Å². The molecule has 0 heterocycles. The number of esters is 1. The van der Waals surface area contributed by atoms with Crippen LogP contribution in [0.25, 0.3) is 0 Å². The van der Waals surface area contributed by atoms with Crippen molar-refractivity contribution in [3.63, 3.8) is 0 Å². The number of carbonyl (C=O) groups excluding carboxylic acids is 2. The number of ether oxygens (including phenoxy) is 3. The lowest BCUT2D eigenvalue weighted by Crippen LogP contribution is -2.33. The van der Waals surface area contributed by atoms with Crippen molar-refractivity contribution in [1.29, 1.82) is 0 Å². The third-order valence-corrected chi connectivity index (χ3v) is 5.79. The number of nitrogens with zero attached hydrogens (tertiary/aromatic N) is 1. The van der Waals surface area contributed by atoms with Crippen LogP contribution in [-0.2, 0) is 11.4 Å². The van der Waals surface area contributed by atoms with Crippen LogP contribution in [0.1, 0.15) is 28.4 Å². The van der Waals surface area contributed by atoms with Crippen molar-refractivity contribution in [1.82, 2.24) is 5.43 Å². The number of hydrogen-bond acceptors (Lipinski definition) is 6. The quantitative estimate of drug-likeness (QED) is 0.106. The molecule has 0 aliphatic heterocycles. The van der Waals surface area contributed by atoms with Crippen LogP contribution in [0, 0.1) is 0 Å². The van der Waals surface area contributed by atoms with Crippen molar-refractivity contribution in [3.05, 3.63) is 124 Å². The number of hydrogen-bond donors (Lipinski definition) is 1. The third kappa shape index (κ3) is 8.04. The molecule has 1 N–H and O–H groups in total. The van der Waals surface area contributed by atoms with Gasteiger partial charge in [-0.1, -0.05) is 52.3 Å². The maximum Gasteiger partial charge on any atom is 0.343 e. The maximum absolute atomic E-state index is 12.4. The number of nitrogens with one attached hydrogen (secondary N) is 1. The highest BCUT2D eigenvalue weighted by atomic mass is 79.9. The Morgan fingerprint density at radius 2 is 1.55 bits per heavy atom. The Balaban J connectivity index is 1.21. The summed E-state index contributed by atoms with van der Waals surface area (Å²) in [5.74, 6) is 0.789. The molecule has 4 rings (SSSR count). The molecule has 0 fully saturated rings. The first-order valence-corrected chi connectivity index (χ1v) is 12.6. The van der Waals surface area contributed by atoms with Crippen molar-refractivity contribution in [2.45, 2.75) is 19.6 Å². The van der Waals surface area contributed by atoms with E-state index in [0.717, 1.165) is 10.0 Å². The van der Waals surface area contributed by atoms with Gasteiger partial charge < -0.3 is 14.2 Å². The van der Waals surface area contributed by atoms with Gasteiger partial charge in [0.15, 0.2) is 6.10 Å². The van der Waals surface area contributed by atoms with E-state index in [1.54, 1.807) is 73.7 Å². The molecule has 1 amide bonds. The average Bonchev–Trinajstić information content (AvgIpc) is 2.94. The number of amides is 1. The zero-order valence-electron chi connectivity index (χ0n) is 20.5. The van der Waals surface area contributed by atoms with E-state index in [1.807, 2.05) is 36.4 Å². The molecule has 4 aromatic carbocycles. The molecule has 0 radical (unpaired) electrons. The minimum absolute atomic E-state index is 0.398. The van der Waals surface area contributed by atoms with Crippen LogP contribution in [0.15, 0.2) is 113 Å². The molecular formula is C30H25BrN2O5. The van der Waals surface area contributed by atoms with Crippen LogP contribution in [0.5, 0.6) is 17.2 Å². The van der Waals surface area contributed by atoms with Crippen LogP contribution in [0.2, 0.25) is 0 Å². The van der Waals surface area contributed by atoms with Crippen molar-refractivity contribution < 1.29 is 23.8 Å². The zero-order valence-corrected chi connectivity index (χ0v) is 22.1. The predicted molar refractivity (Wildman–Crippen MR) is 149 cm³/mol. The van der Waals surface area contributed by atoms with Gasteiger partial charge in [-0.3, -0.25) is 4.79 Å². The van der Waals surface area contributed by atoms with E-state index in [0.29, 0.717) is 35.0 Å². The summed E-state index contributed by atoms with van der Waals surface area (Å²) in [6, 6.07) is 30.7. The lowest BCUT2D eigenvalue weighted by Gasteiger charge is -2.13. The molecule has 4 aromatic rings. The lowest BCUT2D eigenvalue weighted by molar-refractivity contribution is -0.127. The minimum Gasteiger partial charge on any atom is -0.489 e. The fourth-order valence-electron chi connectivity index (χ4n) is 3.28. The molecule has 1 atom stereocenters. The van der Waals surface area contributed by atoms with Crippen LogP contribution in [-0.4, -0.2) is 24.2 Å². The third-order valence-electron chi connectivity index (χ3n) is 5.29. The molecule has 8 heteroatoms. The van der Waals surface area contributed by atoms with E-state index in [9.17, 15) is 9.59 Å². The molecule has 0 aromatic heterocycles. The molecule has 0 spiro atoms. The van der Waals surface area contributed by atoms with Gasteiger partial charge in [0.25, 0.3) is 5.91 Å². The Kier molecular flexibility index (Phi) is 9.26. The summed E-state index contributed by atoms with van der Waals surface area (Å²) in [4.78, 5) is 24.6. The number of hydrazone groups is 1. The van der Waals surface area contributed by atoms with Crippen LogP contribution < -0.4 is 19.6 Å². The summed E-state index contributed by atoms with van der Waals surface area (Å²) in [6.45, 7) is 2.11. The fourth-order valence-corrected chi connectivity index (χ4v) is 3.68. The molecule has 192 valence electrons. The largest absolute Gasteiger partial charge is 0.489 e. The molecular weight excluding hydrogens is 548 g/mol. The standard InChI is InChI=1S/C30H25BrN2O5/c1-21(37-27-16-14-26(15-17-27)36-20-23-6-3-2-4-7-23)29(34)33-32-19-22-10-12-28(13-11-22)38-30(35)24-8-5-9-25(31)18-24/h2-19,21H,20H2,1H3,(H,33,34)/b32-19+. The van der Waals surface area contributed by atoms with Gasteiger partial charge in [0.2, 0.25) is 0 Å². The Morgan fingerprint density at radius 3 is 2.26 bits per heavy atom. The summed E-state index contributed by atoms with van der Waals surface area (Å²) in [7, 11) is 0. The van der Waals surface area contributed by atoms with E-state index >= 15 is 0 Å². The zero-order chi connectivity index (χ0) is 26.7. The Bertz CT molecular complexity index is 1390. The molecule has 0 aliphatic carbocycles. The maximum atomic E-state index is 12.4. The molecule has 38 heavy (non-hydrogen) atoms. The first kappa shape index (κ1) is 26.6. The molecule has 7 nitrogen and oxygen atoms in total. The van der Waals surface area contributed by atoms with Crippen molar-refractivity contribution >= 4 is 34.0 Å². The van der Waals surface area contributed by atoms with Crippen molar-refractivity contribution in [2.24, 2.45) is 5.10 Å². The van der Waals surface area contributed by atoms with Gasteiger partial charge in [0.05, 0.1) is 11.8 Å². The number of benzene rings is 4. The predicted octanol–water partition coefficient (Wildman–Crippen LogP) is 6.16. The van der Waals surface area contributed by atoms with Gasteiger partial charge in [0, 0.05) is 4.47 Å². The van der Waals surface area contributed by atoms with Gasteiger partial charge in [0.1, 0.15) is 23.9 Å². The Morgan fingerprint density at radius 1 is 0.868 bits per heavy atom. The lowest BCUT2D eigenvalue weighted by atomic mass is 10.2. The Labute approximate surface area is 229 Å². The van der Waals surface area contributed by atoms with E-state index in [-0.39, 0.29) is 0 Å². The number of carbonyl (C=O) groups is 2. The summed E-state index contributed by atoms with van der Waals surface area (Å²) in [5, 5.41) is 3.98. The van der Waals surface area contributed by atoms with Crippen LogP contribution in [0.3, 0.4) is 0 Å². The number of rotatable bonds is 10. The van der Waals surface area contributed by atoms with E-state index in [1.165, 1.54) is 6.21 Å². The second-order valence-electron chi connectivity index (χ2n) is 8.21. The summed E-state index contributed by atoms with van der Waals surface area (Å²) in [5.41, 5.74) is 4.70. The molecule has 0 saturated carbocycles. The molecule has 1 unspecified atom stereocenters. The molecule has 0 saturated heterocycles. The highest BCUT2D eigenvalue weighted by Crippen LogP contribution is 2.20. The second-order valence-corrected chi connectivity index (χ2v) is 9.12. The fraction of sp³-hybridized carbons (Fsp3) is 0.100. The second kappa shape index (κ2) is 13.2. The van der Waals surface area contributed by atoms with E-state index < -0.39 is 18.0 Å². The normalized spacial score (nSPS) is 11.5. The SMILES string of the molecule is CC(Oc1ccc(OCc2ccccc2)cc1)C(=O)N/N=C/c1ccc(OC(=O)c2cccc(Br)c2)cc1. The van der Waals surface area contributed by atoms with Gasteiger partial charge in [-0.25, -0.2) is 10.2 Å². The van der Waals surface area contributed by atoms with Crippen LogP contribution in [0.4, 0.5) is 0 Å². The van der Waals surface area contributed by atoms with Gasteiger partial charge >= 0.3 is 5.97 Å².